The Morgan fingerprint density at radius 3 is 0.673 bits per heavy atom. The molecule has 4 nitrogen and oxygen atoms in total. The Bertz CT molecular complexity index is 2030. The quantitative estimate of drug-likeness (QED) is 0.101. The fourth-order valence-electron chi connectivity index (χ4n) is 6.08. The second-order valence-corrected chi connectivity index (χ2v) is 12.9. The van der Waals surface area contributed by atoms with Gasteiger partial charge in [0.2, 0.25) is 0 Å². The highest BCUT2D eigenvalue weighted by molar-refractivity contribution is 5.99. The van der Waals surface area contributed by atoms with Gasteiger partial charge < -0.3 is 0 Å². The van der Waals surface area contributed by atoms with Crippen molar-refractivity contribution >= 4 is 46.4 Å². The first-order chi connectivity index (χ1) is 25.0. The molecule has 0 aromatic heterocycles. The summed E-state index contributed by atoms with van der Waals surface area (Å²) in [7, 11) is 0. The second kappa shape index (κ2) is 15.6. The molecular formula is C48H38O4. The third-order valence-electron chi connectivity index (χ3n) is 9.19. The van der Waals surface area contributed by atoms with Gasteiger partial charge in [0, 0.05) is 22.3 Å². The standard InChI is InChI=1S/C48H38O4/c1-31(49)37-13-21-43(22-14-37)47(44-23-15-38(16-24-44)32(2)50)29-35-5-9-41(10-6-35)42-11-7-36(8-12-42)30-48(45-25-17-39(18-26-45)33(3)51)46-27-19-40(20-28-46)34(4)52/h5-30H,1-4H3. The van der Waals surface area contributed by atoms with Crippen LogP contribution >= 0.6 is 0 Å². The number of hydrogen-bond acceptors (Lipinski definition) is 4. The van der Waals surface area contributed by atoms with Crippen LogP contribution in [0.5, 0.6) is 0 Å². The minimum absolute atomic E-state index is 0.0175. The number of ketones is 4. The maximum atomic E-state index is 11.9. The Hall–Kier alpha value is -6.52. The summed E-state index contributed by atoms with van der Waals surface area (Å²) in [5.74, 6) is 0.0698. The Kier molecular flexibility index (Phi) is 10.6. The van der Waals surface area contributed by atoms with Crippen molar-refractivity contribution < 1.29 is 19.2 Å². The Balaban J connectivity index is 1.30. The van der Waals surface area contributed by atoms with Crippen molar-refractivity contribution in [3.63, 3.8) is 0 Å². The first kappa shape index (κ1) is 35.3. The van der Waals surface area contributed by atoms with Crippen LogP contribution in [-0.4, -0.2) is 23.1 Å². The van der Waals surface area contributed by atoms with Gasteiger partial charge in [0.15, 0.2) is 23.1 Å². The van der Waals surface area contributed by atoms with Gasteiger partial charge in [-0.05, 0) is 95.5 Å². The van der Waals surface area contributed by atoms with Crippen molar-refractivity contribution in [2.24, 2.45) is 0 Å². The molecule has 6 aromatic rings. The van der Waals surface area contributed by atoms with E-state index in [9.17, 15) is 19.2 Å². The summed E-state index contributed by atoms with van der Waals surface area (Å²) in [5.41, 5.74) is 12.6. The maximum absolute atomic E-state index is 11.9. The first-order valence-electron chi connectivity index (χ1n) is 17.1. The van der Waals surface area contributed by atoms with Gasteiger partial charge in [-0.1, -0.05) is 146 Å². The zero-order valence-electron chi connectivity index (χ0n) is 29.6. The number of Topliss-reactive ketones (excluding diaryl/α,β-unsaturated/α-hetero) is 4. The average molecular weight is 679 g/mol. The average Bonchev–Trinajstić information content (AvgIpc) is 3.17. The molecule has 254 valence electrons. The topological polar surface area (TPSA) is 68.3 Å². The van der Waals surface area contributed by atoms with Crippen LogP contribution in [0, 0.1) is 0 Å². The molecule has 0 N–H and O–H groups in total. The lowest BCUT2D eigenvalue weighted by atomic mass is 9.92. The van der Waals surface area contributed by atoms with Crippen LogP contribution in [-0.2, 0) is 0 Å². The van der Waals surface area contributed by atoms with Gasteiger partial charge in [0.25, 0.3) is 0 Å². The molecule has 0 saturated heterocycles. The molecule has 0 aliphatic heterocycles. The molecule has 0 aliphatic rings. The van der Waals surface area contributed by atoms with Gasteiger partial charge in [-0.3, -0.25) is 19.2 Å². The van der Waals surface area contributed by atoms with Gasteiger partial charge in [-0.15, -0.1) is 0 Å². The Labute approximate surface area is 304 Å². The Morgan fingerprint density at radius 1 is 0.288 bits per heavy atom. The fourth-order valence-corrected chi connectivity index (χ4v) is 6.08. The molecule has 0 saturated carbocycles. The largest absolute Gasteiger partial charge is 0.295 e. The van der Waals surface area contributed by atoms with Crippen LogP contribution in [0.25, 0.3) is 34.4 Å². The predicted molar refractivity (Wildman–Crippen MR) is 212 cm³/mol. The van der Waals surface area contributed by atoms with Crippen LogP contribution in [0.2, 0.25) is 0 Å². The van der Waals surface area contributed by atoms with Crippen LogP contribution in [0.15, 0.2) is 146 Å². The van der Waals surface area contributed by atoms with E-state index in [4.69, 9.17) is 0 Å². The van der Waals surface area contributed by atoms with Crippen LogP contribution < -0.4 is 0 Å². The van der Waals surface area contributed by atoms with E-state index in [1.807, 2.05) is 97.1 Å². The molecule has 0 spiro atoms. The minimum Gasteiger partial charge on any atom is -0.295 e. The van der Waals surface area contributed by atoms with Gasteiger partial charge in [-0.25, -0.2) is 0 Å². The van der Waals surface area contributed by atoms with Crippen molar-refractivity contribution in [2.45, 2.75) is 27.7 Å². The van der Waals surface area contributed by atoms with Gasteiger partial charge in [0.05, 0.1) is 0 Å². The lowest BCUT2D eigenvalue weighted by Gasteiger charge is -2.12. The molecule has 6 aromatic carbocycles. The van der Waals surface area contributed by atoms with Crippen LogP contribution in [0.4, 0.5) is 0 Å². The summed E-state index contributed by atoms with van der Waals surface area (Å²) in [6, 6.07) is 47.2. The van der Waals surface area contributed by atoms with Crippen molar-refractivity contribution in [1.82, 2.24) is 0 Å². The van der Waals surface area contributed by atoms with Crippen molar-refractivity contribution in [3.8, 4) is 11.1 Å². The van der Waals surface area contributed by atoms with Gasteiger partial charge in [-0.2, -0.15) is 0 Å². The molecule has 4 heteroatoms. The van der Waals surface area contributed by atoms with E-state index in [-0.39, 0.29) is 23.1 Å². The van der Waals surface area contributed by atoms with Crippen molar-refractivity contribution in [2.75, 3.05) is 0 Å². The highest BCUT2D eigenvalue weighted by Gasteiger charge is 2.11. The molecule has 0 unspecified atom stereocenters. The number of hydrogen-bond donors (Lipinski definition) is 0. The third-order valence-corrected chi connectivity index (χ3v) is 9.19. The van der Waals surface area contributed by atoms with E-state index in [0.29, 0.717) is 22.3 Å². The third kappa shape index (κ3) is 8.26. The minimum atomic E-state index is 0.0175. The molecule has 0 heterocycles. The normalized spacial score (nSPS) is 10.6. The van der Waals surface area contributed by atoms with Crippen LogP contribution in [0.1, 0.15) is 103 Å². The molecule has 6 rings (SSSR count). The monoisotopic (exact) mass is 678 g/mol. The van der Waals surface area contributed by atoms with Crippen LogP contribution in [0.3, 0.4) is 0 Å². The number of benzene rings is 6. The molecule has 0 radical (unpaired) electrons. The van der Waals surface area contributed by atoms with Gasteiger partial charge in [0.1, 0.15) is 0 Å². The zero-order chi connectivity index (χ0) is 36.8. The summed E-state index contributed by atoms with van der Waals surface area (Å²) < 4.78 is 0. The fraction of sp³-hybridized carbons (Fsp3) is 0.0833. The molecule has 0 aliphatic carbocycles. The predicted octanol–water partition coefficient (Wildman–Crippen LogP) is 11.3. The lowest BCUT2D eigenvalue weighted by Crippen LogP contribution is -1.95. The van der Waals surface area contributed by atoms with Crippen molar-refractivity contribution in [1.29, 1.82) is 0 Å². The molecule has 0 amide bonds. The lowest BCUT2D eigenvalue weighted by molar-refractivity contribution is 0.100. The molecular weight excluding hydrogens is 641 g/mol. The smallest absolute Gasteiger partial charge is 0.159 e. The molecule has 0 atom stereocenters. The van der Waals surface area contributed by atoms with E-state index in [1.165, 1.54) is 0 Å². The summed E-state index contributed by atoms with van der Waals surface area (Å²) in [5, 5.41) is 0. The van der Waals surface area contributed by atoms with E-state index in [0.717, 1.165) is 55.7 Å². The van der Waals surface area contributed by atoms with Gasteiger partial charge >= 0.3 is 0 Å². The Morgan fingerprint density at radius 2 is 0.481 bits per heavy atom. The second-order valence-electron chi connectivity index (χ2n) is 12.9. The van der Waals surface area contributed by atoms with E-state index in [2.05, 4.69) is 60.7 Å². The molecule has 52 heavy (non-hydrogen) atoms. The molecule has 0 fully saturated rings. The summed E-state index contributed by atoms with van der Waals surface area (Å²) in [6.07, 6.45) is 4.24. The summed E-state index contributed by atoms with van der Waals surface area (Å²) in [4.78, 5) is 47.6. The van der Waals surface area contributed by atoms with Crippen molar-refractivity contribution in [3.05, 3.63) is 201 Å². The number of carbonyl (C=O) groups is 4. The maximum Gasteiger partial charge on any atom is 0.159 e. The van der Waals surface area contributed by atoms with E-state index in [1.54, 1.807) is 27.7 Å². The number of rotatable bonds is 11. The highest BCUT2D eigenvalue weighted by atomic mass is 16.1. The van der Waals surface area contributed by atoms with E-state index < -0.39 is 0 Å². The summed E-state index contributed by atoms with van der Waals surface area (Å²) in [6.45, 7) is 6.24. The SMILES string of the molecule is CC(=O)c1ccc(C(=Cc2ccc(-c3ccc(C=C(c4ccc(C(C)=O)cc4)c4ccc(C(C)=O)cc4)cc3)cc2)c2ccc(C(C)=O)cc2)cc1. The number of carbonyl (C=O) groups excluding carboxylic acids is 4. The first-order valence-corrected chi connectivity index (χ1v) is 17.1. The summed E-state index contributed by atoms with van der Waals surface area (Å²) >= 11 is 0. The van der Waals surface area contributed by atoms with E-state index >= 15 is 0 Å². The zero-order valence-corrected chi connectivity index (χ0v) is 29.6. The molecule has 0 bridgehead atoms. The highest BCUT2D eigenvalue weighted by Crippen LogP contribution is 2.31.